The number of alkyl halides is 3. The van der Waals surface area contributed by atoms with E-state index in [1.54, 1.807) is 19.9 Å². The van der Waals surface area contributed by atoms with Gasteiger partial charge in [-0.3, -0.25) is 14.6 Å². The fraction of sp³-hybridized carbons (Fsp3) is 0.474. The van der Waals surface area contributed by atoms with E-state index in [0.29, 0.717) is 19.0 Å². The van der Waals surface area contributed by atoms with Crippen LogP contribution >= 0.6 is 0 Å². The van der Waals surface area contributed by atoms with Crippen LogP contribution in [0.25, 0.3) is 0 Å². The molecule has 0 N–H and O–H groups in total. The van der Waals surface area contributed by atoms with E-state index in [0.717, 1.165) is 12.3 Å². The molecule has 1 aliphatic carbocycles. The number of nitriles is 1. The number of amides is 1. The Kier molecular flexibility index (Phi) is 5.73. The molecule has 8 heteroatoms. The Morgan fingerprint density at radius 1 is 1.41 bits per heavy atom. The molecule has 1 aromatic rings. The first kappa shape index (κ1) is 20.6. The first-order chi connectivity index (χ1) is 12.5. The number of hydrogen-bond donors (Lipinski definition) is 0. The van der Waals surface area contributed by atoms with Crippen LogP contribution in [0.4, 0.5) is 13.2 Å². The Bertz CT molecular complexity index is 822. The second-order valence-corrected chi connectivity index (χ2v) is 7.34. The van der Waals surface area contributed by atoms with Crippen LogP contribution in [0.3, 0.4) is 0 Å². The predicted molar refractivity (Wildman–Crippen MR) is 91.4 cm³/mol. The molecule has 0 saturated carbocycles. The molecule has 27 heavy (non-hydrogen) atoms. The molecule has 0 unspecified atom stereocenters. The molecule has 0 fully saturated rings. The van der Waals surface area contributed by atoms with Gasteiger partial charge in [0.25, 0.3) is 5.91 Å². The van der Waals surface area contributed by atoms with Crippen molar-refractivity contribution in [3.8, 4) is 6.07 Å². The van der Waals surface area contributed by atoms with Crippen molar-refractivity contribution in [3.05, 3.63) is 41.2 Å². The van der Waals surface area contributed by atoms with Crippen LogP contribution < -0.4 is 0 Å². The molecule has 0 spiro atoms. The van der Waals surface area contributed by atoms with Gasteiger partial charge < -0.3 is 4.90 Å². The molecule has 5 nitrogen and oxygen atoms in total. The van der Waals surface area contributed by atoms with Crippen molar-refractivity contribution in [2.75, 3.05) is 13.6 Å². The molecular weight excluding hydrogens is 359 g/mol. The zero-order valence-corrected chi connectivity index (χ0v) is 15.3. The minimum Gasteiger partial charge on any atom is -0.342 e. The van der Waals surface area contributed by atoms with E-state index in [2.05, 4.69) is 4.98 Å². The number of carbonyl (C=O) groups is 2. The zero-order valence-electron chi connectivity index (χ0n) is 15.3. The molecule has 144 valence electrons. The number of halogens is 3. The Hall–Kier alpha value is -2.69. The smallest absolute Gasteiger partial charge is 0.342 e. The molecule has 0 radical (unpaired) electrons. The largest absolute Gasteiger partial charge is 0.417 e. The van der Waals surface area contributed by atoms with Crippen LogP contribution in [0.2, 0.25) is 0 Å². The Morgan fingerprint density at radius 3 is 2.67 bits per heavy atom. The van der Waals surface area contributed by atoms with Crippen molar-refractivity contribution >= 4 is 11.7 Å². The SMILES string of the molecule is CN(CC[C@@H]1C=C(C#N)C(=O)C(C)(C)C1)C(=O)c1cncc(C(F)(F)F)c1. The second kappa shape index (κ2) is 7.51. The summed E-state index contributed by atoms with van der Waals surface area (Å²) in [4.78, 5) is 29.3. The van der Waals surface area contributed by atoms with Crippen molar-refractivity contribution in [2.24, 2.45) is 11.3 Å². The Balaban J connectivity index is 2.07. The van der Waals surface area contributed by atoms with Crippen molar-refractivity contribution in [1.82, 2.24) is 9.88 Å². The van der Waals surface area contributed by atoms with Crippen LogP contribution in [0.15, 0.2) is 30.1 Å². The van der Waals surface area contributed by atoms with Gasteiger partial charge in [0.15, 0.2) is 5.78 Å². The van der Waals surface area contributed by atoms with E-state index < -0.39 is 23.1 Å². The lowest BCUT2D eigenvalue weighted by Crippen LogP contribution is -2.34. The van der Waals surface area contributed by atoms with Crippen LogP contribution in [-0.2, 0) is 11.0 Å². The molecule has 1 aromatic heterocycles. The van der Waals surface area contributed by atoms with Gasteiger partial charge in [0.2, 0.25) is 0 Å². The number of aromatic nitrogens is 1. The molecule has 0 bridgehead atoms. The summed E-state index contributed by atoms with van der Waals surface area (Å²) in [7, 11) is 1.50. The van der Waals surface area contributed by atoms with Gasteiger partial charge in [0.1, 0.15) is 6.07 Å². The lowest BCUT2D eigenvalue weighted by atomic mass is 9.71. The zero-order chi connectivity index (χ0) is 20.4. The maximum absolute atomic E-state index is 12.8. The molecule has 0 aromatic carbocycles. The van der Waals surface area contributed by atoms with Crippen LogP contribution in [0.1, 0.15) is 42.6 Å². The van der Waals surface area contributed by atoms with E-state index in [1.807, 2.05) is 6.07 Å². The third-order valence-electron chi connectivity index (χ3n) is 4.65. The van der Waals surface area contributed by atoms with Gasteiger partial charge in [-0.05, 0) is 24.8 Å². The Labute approximate surface area is 155 Å². The normalized spacial score (nSPS) is 19.2. The number of ketones is 1. The molecule has 0 saturated heterocycles. The number of allylic oxidation sites excluding steroid dienone is 2. The maximum atomic E-state index is 12.8. The quantitative estimate of drug-likeness (QED) is 0.801. The topological polar surface area (TPSA) is 74.1 Å². The monoisotopic (exact) mass is 379 g/mol. The number of Topliss-reactive ketones (excluding diaryl/α,β-unsaturated/α-hetero) is 1. The molecular formula is C19H20F3N3O2. The predicted octanol–water partition coefficient (Wildman–Crippen LogP) is 3.63. The summed E-state index contributed by atoms with van der Waals surface area (Å²) >= 11 is 0. The van der Waals surface area contributed by atoms with Crippen molar-refractivity contribution in [2.45, 2.75) is 32.9 Å². The van der Waals surface area contributed by atoms with Crippen LogP contribution in [0.5, 0.6) is 0 Å². The van der Waals surface area contributed by atoms with Crippen molar-refractivity contribution in [3.63, 3.8) is 0 Å². The van der Waals surface area contributed by atoms with E-state index >= 15 is 0 Å². The summed E-state index contributed by atoms with van der Waals surface area (Å²) in [5.74, 6) is -0.827. The van der Waals surface area contributed by atoms with E-state index in [4.69, 9.17) is 5.26 Å². The number of carbonyl (C=O) groups excluding carboxylic acids is 2. The second-order valence-electron chi connectivity index (χ2n) is 7.34. The molecule has 1 amide bonds. The third-order valence-corrected chi connectivity index (χ3v) is 4.65. The van der Waals surface area contributed by atoms with E-state index in [9.17, 15) is 22.8 Å². The molecule has 1 atom stereocenters. The van der Waals surface area contributed by atoms with Gasteiger partial charge in [0, 0.05) is 31.4 Å². The van der Waals surface area contributed by atoms with Gasteiger partial charge in [0.05, 0.1) is 16.7 Å². The number of rotatable bonds is 4. The highest BCUT2D eigenvalue weighted by molar-refractivity contribution is 6.03. The van der Waals surface area contributed by atoms with Gasteiger partial charge in [-0.15, -0.1) is 0 Å². The van der Waals surface area contributed by atoms with Gasteiger partial charge in [-0.25, -0.2) is 0 Å². The standard InChI is InChI=1S/C19H20F3N3O2/c1-18(2)8-12(6-13(9-23)16(18)26)4-5-25(3)17(27)14-7-15(11-24-10-14)19(20,21)22/h6-7,10-12H,4-5,8H2,1-3H3/t12-/m1/s1. The molecule has 1 aliphatic rings. The summed E-state index contributed by atoms with van der Waals surface area (Å²) in [5.41, 5.74) is -1.65. The summed E-state index contributed by atoms with van der Waals surface area (Å²) in [6.45, 7) is 3.82. The molecule has 2 rings (SSSR count). The summed E-state index contributed by atoms with van der Waals surface area (Å²) in [6.07, 6.45) is -0.130. The number of nitrogens with zero attached hydrogens (tertiary/aromatic N) is 3. The van der Waals surface area contributed by atoms with Crippen molar-refractivity contribution in [1.29, 1.82) is 5.26 Å². The lowest BCUT2D eigenvalue weighted by molar-refractivity contribution is -0.137. The first-order valence-corrected chi connectivity index (χ1v) is 8.40. The maximum Gasteiger partial charge on any atom is 0.417 e. The van der Waals surface area contributed by atoms with Gasteiger partial charge in [-0.1, -0.05) is 19.9 Å². The molecule has 1 heterocycles. The first-order valence-electron chi connectivity index (χ1n) is 8.40. The highest BCUT2D eigenvalue weighted by atomic mass is 19.4. The Morgan fingerprint density at radius 2 is 2.07 bits per heavy atom. The number of hydrogen-bond acceptors (Lipinski definition) is 4. The summed E-state index contributed by atoms with van der Waals surface area (Å²) in [6, 6.07) is 2.69. The average molecular weight is 379 g/mol. The summed E-state index contributed by atoms with van der Waals surface area (Å²) < 4.78 is 38.3. The van der Waals surface area contributed by atoms with Crippen molar-refractivity contribution < 1.29 is 22.8 Å². The third kappa shape index (κ3) is 4.73. The minimum absolute atomic E-state index is 0.0674. The van der Waals surface area contributed by atoms with Crippen LogP contribution in [0, 0.1) is 22.7 Å². The van der Waals surface area contributed by atoms with E-state index in [1.165, 1.54) is 11.9 Å². The minimum atomic E-state index is -4.57. The van der Waals surface area contributed by atoms with Gasteiger partial charge >= 0.3 is 6.18 Å². The fourth-order valence-corrected chi connectivity index (χ4v) is 3.15. The van der Waals surface area contributed by atoms with Crippen LogP contribution in [-0.4, -0.2) is 35.2 Å². The van der Waals surface area contributed by atoms with E-state index in [-0.39, 0.29) is 29.4 Å². The summed E-state index contributed by atoms with van der Waals surface area (Å²) in [5, 5.41) is 9.11. The van der Waals surface area contributed by atoms with Gasteiger partial charge in [-0.2, -0.15) is 18.4 Å². The highest BCUT2D eigenvalue weighted by Crippen LogP contribution is 2.36. The lowest BCUT2D eigenvalue weighted by Gasteiger charge is -2.32. The fourth-order valence-electron chi connectivity index (χ4n) is 3.15. The number of pyridine rings is 1. The highest BCUT2D eigenvalue weighted by Gasteiger charge is 2.37. The average Bonchev–Trinajstić information content (AvgIpc) is 2.60. The molecule has 0 aliphatic heterocycles.